The van der Waals surface area contributed by atoms with Crippen molar-refractivity contribution in [2.24, 2.45) is 5.10 Å². The Balaban J connectivity index is 2.03. The van der Waals surface area contributed by atoms with E-state index < -0.39 is 11.7 Å². The number of amides is 2. The van der Waals surface area contributed by atoms with Crippen molar-refractivity contribution in [2.75, 3.05) is 5.32 Å². The molecular formula is C15H15BrN4O3. The van der Waals surface area contributed by atoms with Gasteiger partial charge >= 0.3 is 6.09 Å². The van der Waals surface area contributed by atoms with Crippen molar-refractivity contribution in [2.45, 2.75) is 26.4 Å². The SMILES string of the molecule is CC(C)(C)OC(=O)Nc1cc2c3c(c(Br)[nH]c3c1)C=NNC2=O. The van der Waals surface area contributed by atoms with Gasteiger partial charge in [0.25, 0.3) is 5.91 Å². The average molecular weight is 379 g/mol. The molecule has 3 rings (SSSR count). The van der Waals surface area contributed by atoms with E-state index in [4.69, 9.17) is 4.74 Å². The summed E-state index contributed by atoms with van der Waals surface area (Å²) < 4.78 is 5.94. The zero-order chi connectivity index (χ0) is 16.8. The first-order valence-corrected chi connectivity index (χ1v) is 7.72. The molecule has 0 bridgehead atoms. The predicted octanol–water partition coefficient (Wildman–Crippen LogP) is 3.35. The lowest BCUT2D eigenvalue weighted by Crippen LogP contribution is -2.27. The van der Waals surface area contributed by atoms with Gasteiger partial charge in [0.1, 0.15) is 5.60 Å². The summed E-state index contributed by atoms with van der Waals surface area (Å²) in [6, 6.07) is 3.34. The number of halogens is 1. The second-order valence-corrected chi connectivity index (χ2v) is 6.92. The molecular weight excluding hydrogens is 364 g/mol. The lowest BCUT2D eigenvalue weighted by atomic mass is 10.1. The molecule has 0 saturated carbocycles. The highest BCUT2D eigenvalue weighted by Gasteiger charge is 2.22. The van der Waals surface area contributed by atoms with E-state index in [1.807, 2.05) is 0 Å². The molecule has 0 saturated heterocycles. The number of carbonyl (C=O) groups excluding carboxylic acids is 2. The van der Waals surface area contributed by atoms with E-state index >= 15 is 0 Å². The van der Waals surface area contributed by atoms with Crippen LogP contribution in [0.1, 0.15) is 36.7 Å². The van der Waals surface area contributed by atoms with Crippen molar-refractivity contribution in [3.8, 4) is 0 Å². The Morgan fingerprint density at radius 2 is 2.09 bits per heavy atom. The summed E-state index contributed by atoms with van der Waals surface area (Å²) in [6.07, 6.45) is 0.985. The van der Waals surface area contributed by atoms with Crippen LogP contribution in [0.5, 0.6) is 0 Å². The van der Waals surface area contributed by atoms with Crippen LogP contribution in [0.15, 0.2) is 21.8 Å². The number of nitrogens with zero attached hydrogens (tertiary/aromatic N) is 1. The van der Waals surface area contributed by atoms with Crippen molar-refractivity contribution >= 4 is 50.7 Å². The quantitative estimate of drug-likeness (QED) is 0.709. The number of hydrogen-bond acceptors (Lipinski definition) is 4. The van der Waals surface area contributed by atoms with Crippen molar-refractivity contribution in [3.05, 3.63) is 27.9 Å². The van der Waals surface area contributed by atoms with Crippen LogP contribution in [0.25, 0.3) is 10.9 Å². The van der Waals surface area contributed by atoms with Gasteiger partial charge in [-0.25, -0.2) is 10.2 Å². The third-order valence-corrected chi connectivity index (χ3v) is 3.76. The van der Waals surface area contributed by atoms with Crippen molar-refractivity contribution < 1.29 is 14.3 Å². The van der Waals surface area contributed by atoms with Gasteiger partial charge in [-0.1, -0.05) is 0 Å². The third kappa shape index (κ3) is 3.07. The number of hydrazone groups is 1. The highest BCUT2D eigenvalue weighted by Crippen LogP contribution is 2.32. The normalized spacial score (nSPS) is 13.7. The molecule has 120 valence electrons. The van der Waals surface area contributed by atoms with Crippen molar-refractivity contribution in [1.29, 1.82) is 0 Å². The van der Waals surface area contributed by atoms with Gasteiger partial charge in [-0.2, -0.15) is 5.10 Å². The summed E-state index contributed by atoms with van der Waals surface area (Å²) in [7, 11) is 0. The third-order valence-electron chi connectivity index (χ3n) is 3.14. The van der Waals surface area contributed by atoms with Crippen LogP contribution in [0.2, 0.25) is 0 Å². The van der Waals surface area contributed by atoms with Crippen LogP contribution in [0.3, 0.4) is 0 Å². The molecule has 2 aromatic rings. The predicted molar refractivity (Wildman–Crippen MR) is 90.9 cm³/mol. The van der Waals surface area contributed by atoms with Crippen molar-refractivity contribution in [1.82, 2.24) is 10.4 Å². The van der Waals surface area contributed by atoms with Crippen molar-refractivity contribution in [3.63, 3.8) is 0 Å². The molecule has 0 radical (unpaired) electrons. The lowest BCUT2D eigenvalue weighted by molar-refractivity contribution is 0.0635. The number of nitrogens with one attached hydrogen (secondary N) is 3. The first kappa shape index (κ1) is 15.5. The van der Waals surface area contributed by atoms with E-state index in [-0.39, 0.29) is 5.91 Å². The van der Waals surface area contributed by atoms with Gasteiger partial charge in [0.05, 0.1) is 16.4 Å². The fraction of sp³-hybridized carbons (Fsp3) is 0.267. The Bertz CT molecular complexity index is 849. The minimum atomic E-state index is -0.603. The van der Waals surface area contributed by atoms with Gasteiger partial charge in [0.15, 0.2) is 0 Å². The van der Waals surface area contributed by atoms with Crippen LogP contribution in [-0.4, -0.2) is 28.8 Å². The second kappa shape index (κ2) is 5.38. The van der Waals surface area contributed by atoms with Gasteiger partial charge in [-0.3, -0.25) is 10.1 Å². The van der Waals surface area contributed by atoms with Gasteiger partial charge in [-0.05, 0) is 48.8 Å². The summed E-state index contributed by atoms with van der Waals surface area (Å²) in [6.45, 7) is 5.34. The van der Waals surface area contributed by atoms with Crippen LogP contribution in [-0.2, 0) is 4.74 Å². The molecule has 23 heavy (non-hydrogen) atoms. The Labute approximate surface area is 140 Å². The number of rotatable bonds is 1. The monoisotopic (exact) mass is 378 g/mol. The summed E-state index contributed by atoms with van der Waals surface area (Å²) >= 11 is 3.41. The Kier molecular flexibility index (Phi) is 3.63. The maximum atomic E-state index is 12.2. The number of anilines is 1. The molecule has 0 unspecified atom stereocenters. The molecule has 1 aromatic heterocycles. The molecule has 1 aliphatic heterocycles. The number of benzene rings is 1. The van der Waals surface area contributed by atoms with E-state index in [0.717, 1.165) is 10.9 Å². The molecule has 0 spiro atoms. The first-order valence-electron chi connectivity index (χ1n) is 6.93. The number of ether oxygens (including phenoxy) is 1. The molecule has 0 aliphatic carbocycles. The number of carbonyl (C=O) groups is 2. The molecule has 7 nitrogen and oxygen atoms in total. The molecule has 1 aromatic carbocycles. The standard InChI is InChI=1S/C15H15BrN4O3/c1-15(2,3)23-14(22)18-7-4-8-11-9(6-17-20-13(8)21)12(16)19-10(11)5-7/h4-6,19H,1-3H3,(H,18,22)(H,20,21). The minimum Gasteiger partial charge on any atom is -0.444 e. The number of aromatic amines is 1. The van der Waals surface area contributed by atoms with E-state index in [2.05, 4.69) is 36.8 Å². The molecule has 1 aliphatic rings. The maximum absolute atomic E-state index is 12.2. The zero-order valence-electron chi connectivity index (χ0n) is 12.8. The van der Waals surface area contributed by atoms with E-state index in [1.54, 1.807) is 39.1 Å². The van der Waals surface area contributed by atoms with E-state index in [9.17, 15) is 9.59 Å². The molecule has 2 amide bonds. The summed E-state index contributed by atoms with van der Waals surface area (Å²) in [5, 5.41) is 7.26. The highest BCUT2D eigenvalue weighted by molar-refractivity contribution is 9.10. The number of aromatic nitrogens is 1. The Hall–Kier alpha value is -2.35. The fourth-order valence-electron chi connectivity index (χ4n) is 2.34. The smallest absolute Gasteiger partial charge is 0.412 e. The van der Waals surface area contributed by atoms with Gasteiger partial charge < -0.3 is 9.72 Å². The number of hydrogen-bond donors (Lipinski definition) is 3. The van der Waals surface area contributed by atoms with Crippen LogP contribution < -0.4 is 10.7 Å². The summed E-state index contributed by atoms with van der Waals surface area (Å²) in [5.41, 5.74) is 4.19. The fourth-order valence-corrected chi connectivity index (χ4v) is 2.85. The molecule has 0 fully saturated rings. The van der Waals surface area contributed by atoms with Crippen LogP contribution in [0.4, 0.5) is 10.5 Å². The minimum absolute atomic E-state index is 0.343. The molecule has 2 heterocycles. The second-order valence-electron chi connectivity index (χ2n) is 6.13. The van der Waals surface area contributed by atoms with Crippen LogP contribution >= 0.6 is 15.9 Å². The van der Waals surface area contributed by atoms with E-state index in [0.29, 0.717) is 21.4 Å². The lowest BCUT2D eigenvalue weighted by Gasteiger charge is -2.19. The largest absolute Gasteiger partial charge is 0.444 e. The summed E-state index contributed by atoms with van der Waals surface area (Å²) in [5.74, 6) is -0.343. The first-order chi connectivity index (χ1) is 10.7. The molecule has 8 heteroatoms. The van der Waals surface area contributed by atoms with Crippen LogP contribution in [0, 0.1) is 0 Å². The average Bonchev–Trinajstić information content (AvgIpc) is 2.60. The molecule has 0 atom stereocenters. The van der Waals surface area contributed by atoms with E-state index in [1.165, 1.54) is 0 Å². The molecule has 3 N–H and O–H groups in total. The van der Waals surface area contributed by atoms with Gasteiger partial charge in [-0.15, -0.1) is 0 Å². The topological polar surface area (TPSA) is 95.6 Å². The Morgan fingerprint density at radius 3 is 2.78 bits per heavy atom. The summed E-state index contributed by atoms with van der Waals surface area (Å²) in [4.78, 5) is 27.2. The highest BCUT2D eigenvalue weighted by atomic mass is 79.9. The zero-order valence-corrected chi connectivity index (χ0v) is 14.4. The maximum Gasteiger partial charge on any atom is 0.412 e. The Morgan fingerprint density at radius 1 is 1.35 bits per heavy atom. The number of H-pyrrole nitrogens is 1. The van der Waals surface area contributed by atoms with Gasteiger partial charge in [0, 0.05) is 22.2 Å². The van der Waals surface area contributed by atoms with Gasteiger partial charge in [0.2, 0.25) is 0 Å².